The van der Waals surface area contributed by atoms with Gasteiger partial charge in [0, 0.05) is 16.6 Å². The number of thiazole rings is 1. The highest BCUT2D eigenvalue weighted by Crippen LogP contribution is 2.41. The first-order chi connectivity index (χ1) is 13.5. The predicted octanol–water partition coefficient (Wildman–Crippen LogP) is 4.79. The maximum Gasteiger partial charge on any atom is 0.297 e. The molecular weight excluding hydrogens is 403 g/mol. The van der Waals surface area contributed by atoms with E-state index in [1.807, 2.05) is 0 Å². The summed E-state index contributed by atoms with van der Waals surface area (Å²) in [6.07, 6.45) is 1.58. The van der Waals surface area contributed by atoms with Gasteiger partial charge in [-0.1, -0.05) is 23.7 Å². The van der Waals surface area contributed by atoms with E-state index < -0.39 is 23.2 Å². The number of fused-ring (bicyclic) bond motifs is 2. The maximum atomic E-state index is 13.7. The van der Waals surface area contributed by atoms with Crippen LogP contribution in [0, 0.1) is 5.82 Å². The van der Waals surface area contributed by atoms with Gasteiger partial charge in [0.1, 0.15) is 11.4 Å². The van der Waals surface area contributed by atoms with E-state index in [0.29, 0.717) is 15.7 Å². The maximum absolute atomic E-state index is 13.7. The van der Waals surface area contributed by atoms with Crippen LogP contribution >= 0.6 is 22.9 Å². The van der Waals surface area contributed by atoms with Crippen LogP contribution in [0.1, 0.15) is 27.7 Å². The van der Waals surface area contributed by atoms with Crippen LogP contribution in [0.5, 0.6) is 0 Å². The summed E-state index contributed by atoms with van der Waals surface area (Å²) in [5.41, 5.74) is 0.563. The van der Waals surface area contributed by atoms with E-state index in [1.165, 1.54) is 28.4 Å². The van der Waals surface area contributed by atoms with Crippen LogP contribution in [0.15, 0.2) is 63.3 Å². The molecule has 3 heterocycles. The quantitative estimate of drug-likeness (QED) is 0.474. The molecule has 1 aliphatic rings. The minimum atomic E-state index is -0.741. The fourth-order valence-electron chi connectivity index (χ4n) is 3.44. The van der Waals surface area contributed by atoms with Gasteiger partial charge in [0.15, 0.2) is 10.6 Å². The van der Waals surface area contributed by atoms with Crippen molar-refractivity contribution in [3.63, 3.8) is 0 Å². The molecule has 5 rings (SSSR count). The van der Waals surface area contributed by atoms with Crippen molar-refractivity contribution in [1.29, 1.82) is 0 Å². The molecule has 138 valence electrons. The van der Waals surface area contributed by atoms with Gasteiger partial charge in [0.05, 0.1) is 17.0 Å². The molecule has 0 saturated carbocycles. The fourth-order valence-corrected chi connectivity index (χ4v) is 4.23. The summed E-state index contributed by atoms with van der Waals surface area (Å²) < 4.78 is 19.5. The van der Waals surface area contributed by atoms with Gasteiger partial charge in [0.2, 0.25) is 5.76 Å². The third-order valence-corrected chi connectivity index (χ3v) is 5.67. The minimum Gasteiger partial charge on any atom is -0.450 e. The number of hydrogen-bond acceptors (Lipinski definition) is 5. The van der Waals surface area contributed by atoms with Crippen molar-refractivity contribution < 1.29 is 13.6 Å². The molecular formula is C20H10ClFN2O3S. The van der Waals surface area contributed by atoms with Gasteiger partial charge < -0.3 is 4.42 Å². The number of aromatic nitrogens is 1. The summed E-state index contributed by atoms with van der Waals surface area (Å²) in [5.74, 6) is -1.07. The van der Waals surface area contributed by atoms with Crippen molar-refractivity contribution in [2.45, 2.75) is 6.04 Å². The van der Waals surface area contributed by atoms with Crippen molar-refractivity contribution in [3.8, 4) is 0 Å². The van der Waals surface area contributed by atoms with E-state index >= 15 is 0 Å². The number of benzene rings is 2. The van der Waals surface area contributed by atoms with Crippen LogP contribution in [-0.4, -0.2) is 10.9 Å². The number of hydrogen-bond donors (Lipinski definition) is 0. The molecule has 4 aromatic rings. The Hall–Kier alpha value is -3.03. The van der Waals surface area contributed by atoms with Gasteiger partial charge in [-0.25, -0.2) is 9.37 Å². The highest BCUT2D eigenvalue weighted by molar-refractivity contribution is 7.13. The van der Waals surface area contributed by atoms with Crippen LogP contribution in [0.25, 0.3) is 11.0 Å². The summed E-state index contributed by atoms with van der Waals surface area (Å²) >= 11 is 7.27. The second-order valence-corrected chi connectivity index (χ2v) is 7.57. The van der Waals surface area contributed by atoms with E-state index in [9.17, 15) is 14.0 Å². The van der Waals surface area contributed by atoms with Crippen molar-refractivity contribution in [2.75, 3.05) is 4.90 Å². The molecule has 0 radical (unpaired) electrons. The molecule has 8 heteroatoms. The van der Waals surface area contributed by atoms with Gasteiger partial charge in [0.25, 0.3) is 5.91 Å². The Morgan fingerprint density at radius 2 is 1.93 bits per heavy atom. The summed E-state index contributed by atoms with van der Waals surface area (Å²) in [4.78, 5) is 32.1. The monoisotopic (exact) mass is 412 g/mol. The number of anilines is 1. The lowest BCUT2D eigenvalue weighted by atomic mass is 9.99. The van der Waals surface area contributed by atoms with Crippen molar-refractivity contribution in [3.05, 3.63) is 92.0 Å². The van der Waals surface area contributed by atoms with Crippen LogP contribution in [-0.2, 0) is 0 Å². The molecule has 1 atom stereocenters. The lowest BCUT2D eigenvalue weighted by Gasteiger charge is -2.22. The number of halogens is 2. The first-order valence-corrected chi connectivity index (χ1v) is 9.55. The Bertz CT molecular complexity index is 1290. The Balaban J connectivity index is 1.83. The van der Waals surface area contributed by atoms with E-state index in [-0.39, 0.29) is 22.3 Å². The van der Waals surface area contributed by atoms with E-state index in [0.717, 1.165) is 6.07 Å². The Kier molecular flexibility index (Phi) is 3.82. The first-order valence-electron chi connectivity index (χ1n) is 8.29. The number of nitrogens with zero attached hydrogens (tertiary/aromatic N) is 2. The highest BCUT2D eigenvalue weighted by Gasteiger charge is 2.44. The zero-order valence-electron chi connectivity index (χ0n) is 14.1. The molecule has 0 spiro atoms. The third kappa shape index (κ3) is 2.47. The van der Waals surface area contributed by atoms with Gasteiger partial charge in [-0.2, -0.15) is 0 Å². The molecule has 1 amide bonds. The number of amides is 1. The van der Waals surface area contributed by atoms with Crippen molar-refractivity contribution in [1.82, 2.24) is 4.98 Å². The predicted molar refractivity (Wildman–Crippen MR) is 105 cm³/mol. The first kappa shape index (κ1) is 17.1. The smallest absolute Gasteiger partial charge is 0.297 e. The topological polar surface area (TPSA) is 63.4 Å². The molecule has 5 nitrogen and oxygen atoms in total. The normalized spacial score (nSPS) is 16.0. The Morgan fingerprint density at radius 1 is 1.14 bits per heavy atom. The molecule has 0 aliphatic carbocycles. The molecule has 0 saturated heterocycles. The average Bonchev–Trinajstić information content (AvgIpc) is 3.30. The largest absolute Gasteiger partial charge is 0.450 e. The lowest BCUT2D eigenvalue weighted by Crippen LogP contribution is -2.29. The number of carbonyl (C=O) groups is 1. The molecule has 0 fully saturated rings. The SMILES string of the molecule is O=C1c2oc3ccc(F)cc3c(=O)c2C(c2ccc(Cl)cc2)N1c1nccs1. The molecule has 0 N–H and O–H groups in total. The summed E-state index contributed by atoms with van der Waals surface area (Å²) in [5, 5.41) is 2.80. The second kappa shape index (κ2) is 6.25. The van der Waals surface area contributed by atoms with E-state index in [1.54, 1.807) is 35.8 Å². The molecule has 2 aromatic heterocycles. The van der Waals surface area contributed by atoms with E-state index in [2.05, 4.69) is 4.98 Å². The van der Waals surface area contributed by atoms with Crippen LogP contribution in [0.3, 0.4) is 0 Å². The summed E-state index contributed by atoms with van der Waals surface area (Å²) in [6, 6.07) is 9.77. The van der Waals surface area contributed by atoms with Gasteiger partial charge in [-0.15, -0.1) is 11.3 Å². The second-order valence-electron chi connectivity index (χ2n) is 6.26. The Morgan fingerprint density at radius 3 is 2.64 bits per heavy atom. The Labute approximate surface area is 166 Å². The zero-order valence-corrected chi connectivity index (χ0v) is 15.6. The molecule has 1 unspecified atom stereocenters. The lowest BCUT2D eigenvalue weighted by molar-refractivity contribution is 0.0971. The standard InChI is InChI=1S/C20H10ClFN2O3S/c21-11-3-1-10(2-4-11)16-15-17(25)13-9-12(22)5-6-14(13)27-18(15)19(26)24(16)20-23-7-8-28-20/h1-9,16H. The molecule has 1 aliphatic heterocycles. The third-order valence-electron chi connectivity index (χ3n) is 4.64. The molecule has 2 aromatic carbocycles. The minimum absolute atomic E-state index is 0.0562. The van der Waals surface area contributed by atoms with Crippen LogP contribution in [0.4, 0.5) is 9.52 Å². The number of carbonyl (C=O) groups excluding carboxylic acids is 1. The number of rotatable bonds is 2. The van der Waals surface area contributed by atoms with Gasteiger partial charge in [-0.05, 0) is 35.9 Å². The average molecular weight is 413 g/mol. The van der Waals surface area contributed by atoms with Crippen molar-refractivity contribution in [2.24, 2.45) is 0 Å². The molecule has 28 heavy (non-hydrogen) atoms. The highest BCUT2D eigenvalue weighted by atomic mass is 35.5. The van der Waals surface area contributed by atoms with Gasteiger partial charge >= 0.3 is 0 Å². The summed E-state index contributed by atoms with van der Waals surface area (Å²) in [6.45, 7) is 0. The van der Waals surface area contributed by atoms with Crippen molar-refractivity contribution >= 4 is 44.9 Å². The molecule has 0 bridgehead atoms. The van der Waals surface area contributed by atoms with E-state index in [4.69, 9.17) is 16.0 Å². The summed E-state index contributed by atoms with van der Waals surface area (Å²) in [7, 11) is 0. The van der Waals surface area contributed by atoms with Crippen LogP contribution in [0.2, 0.25) is 5.02 Å². The zero-order chi connectivity index (χ0) is 19.4. The van der Waals surface area contributed by atoms with Gasteiger partial charge in [-0.3, -0.25) is 14.5 Å². The van der Waals surface area contributed by atoms with Crippen LogP contribution < -0.4 is 10.3 Å². The fraction of sp³-hybridized carbons (Fsp3) is 0.0500.